The van der Waals surface area contributed by atoms with Crippen molar-refractivity contribution in [3.05, 3.63) is 42.1 Å². The van der Waals surface area contributed by atoms with Gasteiger partial charge in [0.1, 0.15) is 0 Å². The summed E-state index contributed by atoms with van der Waals surface area (Å²) in [4.78, 5) is 14.5. The topological polar surface area (TPSA) is 58.4 Å². The fourth-order valence-corrected chi connectivity index (χ4v) is 2.71. The number of carbonyl (C=O) groups excluding carboxylic acids is 1. The molecule has 2 heterocycles. The highest BCUT2D eigenvalue weighted by Crippen LogP contribution is 2.20. The maximum Gasteiger partial charge on any atom is 0.273 e. The number of aromatic nitrogens is 1. The van der Waals surface area contributed by atoms with E-state index in [4.69, 9.17) is 4.52 Å². The number of carbonyl (C=O) groups is 1. The molecule has 1 aliphatic heterocycles. The van der Waals surface area contributed by atoms with Crippen LogP contribution in [0.4, 0.5) is 0 Å². The number of piperidine rings is 1. The fourth-order valence-electron chi connectivity index (χ4n) is 2.71. The average Bonchev–Trinajstić information content (AvgIpc) is 3.05. The predicted molar refractivity (Wildman–Crippen MR) is 84.5 cm³/mol. The van der Waals surface area contributed by atoms with E-state index >= 15 is 0 Å². The van der Waals surface area contributed by atoms with Crippen molar-refractivity contribution in [1.29, 1.82) is 0 Å². The van der Waals surface area contributed by atoms with E-state index in [0.29, 0.717) is 23.9 Å². The molecular weight excluding hydrogens is 278 g/mol. The van der Waals surface area contributed by atoms with Crippen molar-refractivity contribution in [3.8, 4) is 11.3 Å². The summed E-state index contributed by atoms with van der Waals surface area (Å²) in [6, 6.07) is 11.4. The molecule has 0 atom stereocenters. The second-order valence-electron chi connectivity index (χ2n) is 5.90. The molecule has 1 aromatic heterocycles. The molecule has 0 unspecified atom stereocenters. The standard InChI is InChI=1S/C17H21N3O2/c1-20-9-7-13(8-10-20)12-18-17(21)15-11-16(22-19-15)14-5-3-2-4-6-14/h2-6,11,13H,7-10,12H2,1H3,(H,18,21). The lowest BCUT2D eigenvalue weighted by Crippen LogP contribution is -2.36. The van der Waals surface area contributed by atoms with Crippen molar-refractivity contribution < 1.29 is 9.32 Å². The van der Waals surface area contributed by atoms with Crippen molar-refractivity contribution in [3.63, 3.8) is 0 Å². The highest BCUT2D eigenvalue weighted by molar-refractivity contribution is 5.93. The number of likely N-dealkylation sites (tertiary alicyclic amines) is 1. The normalized spacial score (nSPS) is 16.6. The van der Waals surface area contributed by atoms with Gasteiger partial charge in [-0.25, -0.2) is 0 Å². The average molecular weight is 299 g/mol. The molecule has 1 aromatic carbocycles. The first-order valence-corrected chi connectivity index (χ1v) is 7.71. The van der Waals surface area contributed by atoms with Crippen LogP contribution >= 0.6 is 0 Å². The van der Waals surface area contributed by atoms with Crippen LogP contribution in [0.5, 0.6) is 0 Å². The third-order valence-corrected chi connectivity index (χ3v) is 4.19. The van der Waals surface area contributed by atoms with Gasteiger partial charge in [-0.05, 0) is 38.9 Å². The van der Waals surface area contributed by atoms with Crippen molar-refractivity contribution in [2.24, 2.45) is 5.92 Å². The van der Waals surface area contributed by atoms with E-state index in [1.807, 2.05) is 30.3 Å². The summed E-state index contributed by atoms with van der Waals surface area (Å²) in [7, 11) is 2.13. The van der Waals surface area contributed by atoms with E-state index in [1.54, 1.807) is 6.07 Å². The van der Waals surface area contributed by atoms with Crippen molar-refractivity contribution in [2.75, 3.05) is 26.7 Å². The summed E-state index contributed by atoms with van der Waals surface area (Å²) in [5.74, 6) is 1.01. The Morgan fingerprint density at radius 3 is 2.77 bits per heavy atom. The number of benzene rings is 1. The number of hydrogen-bond donors (Lipinski definition) is 1. The summed E-state index contributed by atoms with van der Waals surface area (Å²) >= 11 is 0. The van der Waals surface area contributed by atoms with E-state index in [9.17, 15) is 4.79 Å². The Bertz CT molecular complexity index is 616. The number of hydrogen-bond acceptors (Lipinski definition) is 4. The molecule has 0 saturated carbocycles. The molecule has 0 radical (unpaired) electrons. The molecule has 0 bridgehead atoms. The zero-order chi connectivity index (χ0) is 15.4. The summed E-state index contributed by atoms with van der Waals surface area (Å²) in [6.45, 7) is 2.91. The van der Waals surface area contributed by atoms with Crippen molar-refractivity contribution in [2.45, 2.75) is 12.8 Å². The number of amides is 1. The quantitative estimate of drug-likeness (QED) is 0.942. The number of rotatable bonds is 4. The summed E-state index contributed by atoms with van der Waals surface area (Å²) in [5.41, 5.74) is 1.26. The van der Waals surface area contributed by atoms with Gasteiger partial charge in [0, 0.05) is 18.2 Å². The van der Waals surface area contributed by atoms with Gasteiger partial charge in [-0.2, -0.15) is 0 Å². The minimum Gasteiger partial charge on any atom is -0.355 e. The van der Waals surface area contributed by atoms with Crippen LogP contribution in [0.15, 0.2) is 40.9 Å². The van der Waals surface area contributed by atoms with E-state index in [-0.39, 0.29) is 5.91 Å². The Balaban J connectivity index is 1.56. The lowest BCUT2D eigenvalue weighted by molar-refractivity contribution is 0.0930. The van der Waals surface area contributed by atoms with Gasteiger partial charge in [-0.15, -0.1) is 0 Å². The summed E-state index contributed by atoms with van der Waals surface area (Å²) in [5, 5.41) is 6.84. The monoisotopic (exact) mass is 299 g/mol. The van der Waals surface area contributed by atoms with Gasteiger partial charge in [0.25, 0.3) is 5.91 Å². The molecule has 1 N–H and O–H groups in total. The molecule has 1 saturated heterocycles. The summed E-state index contributed by atoms with van der Waals surface area (Å²) in [6.07, 6.45) is 2.26. The minimum absolute atomic E-state index is 0.162. The van der Waals surface area contributed by atoms with Gasteiger partial charge < -0.3 is 14.7 Å². The van der Waals surface area contributed by atoms with Crippen LogP contribution in [0.3, 0.4) is 0 Å². The Labute approximate surface area is 130 Å². The molecule has 1 aliphatic rings. The van der Waals surface area contributed by atoms with E-state index in [1.165, 1.54) is 0 Å². The number of nitrogens with zero attached hydrogens (tertiary/aromatic N) is 2. The first-order chi connectivity index (χ1) is 10.7. The van der Waals surface area contributed by atoms with Gasteiger partial charge in [0.2, 0.25) is 0 Å². The molecule has 0 aliphatic carbocycles. The molecule has 1 amide bonds. The zero-order valence-electron chi connectivity index (χ0n) is 12.8. The molecule has 5 heteroatoms. The molecule has 5 nitrogen and oxygen atoms in total. The lowest BCUT2D eigenvalue weighted by atomic mass is 9.97. The largest absolute Gasteiger partial charge is 0.355 e. The van der Waals surface area contributed by atoms with Crippen LogP contribution < -0.4 is 5.32 Å². The summed E-state index contributed by atoms with van der Waals surface area (Å²) < 4.78 is 5.26. The van der Waals surface area contributed by atoms with Crippen molar-refractivity contribution in [1.82, 2.24) is 15.4 Å². The van der Waals surface area contributed by atoms with Gasteiger partial charge in [0.15, 0.2) is 11.5 Å². The molecular formula is C17H21N3O2. The Kier molecular flexibility index (Phi) is 4.53. The van der Waals surface area contributed by atoms with Gasteiger partial charge in [-0.3, -0.25) is 4.79 Å². The van der Waals surface area contributed by atoms with Gasteiger partial charge >= 0.3 is 0 Å². The minimum atomic E-state index is -0.162. The maximum absolute atomic E-state index is 12.2. The first-order valence-electron chi connectivity index (χ1n) is 7.71. The molecule has 116 valence electrons. The van der Waals surface area contributed by atoms with E-state index in [2.05, 4.69) is 22.4 Å². The Morgan fingerprint density at radius 1 is 1.32 bits per heavy atom. The number of nitrogens with one attached hydrogen (secondary N) is 1. The second kappa shape index (κ2) is 6.75. The van der Waals surface area contributed by atoms with Crippen LogP contribution in [-0.2, 0) is 0 Å². The molecule has 0 spiro atoms. The third-order valence-electron chi connectivity index (χ3n) is 4.19. The molecule has 2 aromatic rings. The molecule has 3 rings (SSSR count). The van der Waals surface area contributed by atoms with Gasteiger partial charge in [-0.1, -0.05) is 35.5 Å². The van der Waals surface area contributed by atoms with Crippen LogP contribution in [0.2, 0.25) is 0 Å². The van der Waals surface area contributed by atoms with Crippen molar-refractivity contribution >= 4 is 5.91 Å². The SMILES string of the molecule is CN1CCC(CNC(=O)c2cc(-c3ccccc3)on2)CC1. The third kappa shape index (κ3) is 3.54. The maximum atomic E-state index is 12.2. The second-order valence-corrected chi connectivity index (χ2v) is 5.90. The highest BCUT2D eigenvalue weighted by Gasteiger charge is 2.19. The predicted octanol–water partition coefficient (Wildman–Crippen LogP) is 2.41. The van der Waals surface area contributed by atoms with E-state index < -0.39 is 0 Å². The van der Waals surface area contributed by atoms with Crippen LogP contribution in [0.25, 0.3) is 11.3 Å². The van der Waals surface area contributed by atoms with Crippen LogP contribution in [0.1, 0.15) is 23.3 Å². The Hall–Kier alpha value is -2.14. The highest BCUT2D eigenvalue weighted by atomic mass is 16.5. The van der Waals surface area contributed by atoms with E-state index in [0.717, 1.165) is 31.5 Å². The Morgan fingerprint density at radius 2 is 2.05 bits per heavy atom. The first kappa shape index (κ1) is 14.8. The smallest absolute Gasteiger partial charge is 0.273 e. The van der Waals surface area contributed by atoms with Crippen LogP contribution in [0, 0.1) is 5.92 Å². The van der Waals surface area contributed by atoms with Gasteiger partial charge in [0.05, 0.1) is 0 Å². The fraction of sp³-hybridized carbons (Fsp3) is 0.412. The molecule has 1 fully saturated rings. The van der Waals surface area contributed by atoms with Crippen LogP contribution in [-0.4, -0.2) is 42.6 Å². The molecule has 22 heavy (non-hydrogen) atoms. The zero-order valence-corrected chi connectivity index (χ0v) is 12.8. The lowest BCUT2D eigenvalue weighted by Gasteiger charge is -2.28.